The Morgan fingerprint density at radius 3 is 2.70 bits per heavy atom. The number of alkyl halides is 3. The molecular formula is C14H17F3N2O3S. The Bertz CT molecular complexity index is 625. The van der Waals surface area contributed by atoms with Crippen LogP contribution in [0.1, 0.15) is 42.6 Å². The summed E-state index contributed by atoms with van der Waals surface area (Å²) >= 11 is 1.04. The predicted molar refractivity (Wildman–Crippen MR) is 78.6 cm³/mol. The number of anilines is 1. The summed E-state index contributed by atoms with van der Waals surface area (Å²) < 4.78 is 40.7. The number of amides is 1. The van der Waals surface area contributed by atoms with Gasteiger partial charge in [0, 0.05) is 6.42 Å². The Morgan fingerprint density at radius 2 is 2.09 bits per heavy atom. The Labute approximate surface area is 135 Å². The monoisotopic (exact) mass is 350 g/mol. The van der Waals surface area contributed by atoms with Crippen molar-refractivity contribution in [2.75, 3.05) is 11.9 Å². The molecule has 1 aromatic heterocycles. The minimum Gasteiger partial charge on any atom is -0.359 e. The van der Waals surface area contributed by atoms with Gasteiger partial charge in [-0.3, -0.25) is 14.9 Å². The molecule has 2 rings (SSSR count). The number of Topliss-reactive ketones (excluding diaryl/α,β-unsaturated/α-hetero) is 1. The zero-order chi connectivity index (χ0) is 17.4. The lowest BCUT2D eigenvalue weighted by Gasteiger charge is -2.26. The number of carbonyl (C=O) groups excluding carboxylic acids is 2. The highest BCUT2D eigenvalue weighted by atomic mass is 32.1. The van der Waals surface area contributed by atoms with Gasteiger partial charge in [0.25, 0.3) is 5.91 Å². The first-order valence-electron chi connectivity index (χ1n) is 6.99. The SMILES string of the molecule is C[C@@H](OCC(F)(F)F)C(=O)Nc1nc2c(s1)C(=O)CC(C)(C)C2. The number of carbonyl (C=O) groups is 2. The van der Waals surface area contributed by atoms with E-state index in [2.05, 4.69) is 15.0 Å². The van der Waals surface area contributed by atoms with Crippen molar-refractivity contribution in [3.63, 3.8) is 0 Å². The summed E-state index contributed by atoms with van der Waals surface area (Å²) in [7, 11) is 0. The molecule has 0 saturated carbocycles. The Kier molecular flexibility index (Phi) is 4.81. The third-order valence-corrected chi connectivity index (χ3v) is 4.39. The molecule has 1 heterocycles. The van der Waals surface area contributed by atoms with Gasteiger partial charge in [-0.15, -0.1) is 0 Å². The number of halogens is 3. The first-order chi connectivity index (χ1) is 10.5. The molecule has 0 radical (unpaired) electrons. The van der Waals surface area contributed by atoms with Gasteiger partial charge in [0.2, 0.25) is 0 Å². The predicted octanol–water partition coefficient (Wildman–Crippen LogP) is 3.20. The van der Waals surface area contributed by atoms with Crippen molar-refractivity contribution in [3.8, 4) is 0 Å². The Morgan fingerprint density at radius 1 is 1.43 bits per heavy atom. The van der Waals surface area contributed by atoms with Gasteiger partial charge in [0.1, 0.15) is 12.7 Å². The number of thiazole rings is 1. The average Bonchev–Trinajstić information content (AvgIpc) is 2.76. The van der Waals surface area contributed by atoms with E-state index in [0.29, 0.717) is 23.4 Å². The fourth-order valence-electron chi connectivity index (χ4n) is 2.28. The summed E-state index contributed by atoms with van der Waals surface area (Å²) in [5.74, 6) is -0.761. The molecule has 0 aliphatic heterocycles. The van der Waals surface area contributed by atoms with Gasteiger partial charge in [0.05, 0.1) is 10.6 Å². The average molecular weight is 350 g/mol. The summed E-state index contributed by atoms with van der Waals surface area (Å²) in [4.78, 5) is 28.6. The van der Waals surface area contributed by atoms with Crippen molar-refractivity contribution in [2.45, 2.75) is 45.9 Å². The highest BCUT2D eigenvalue weighted by Gasteiger charge is 2.34. The van der Waals surface area contributed by atoms with E-state index in [1.54, 1.807) is 0 Å². The van der Waals surface area contributed by atoms with Crippen LogP contribution >= 0.6 is 11.3 Å². The molecule has 128 valence electrons. The topological polar surface area (TPSA) is 68.3 Å². The van der Waals surface area contributed by atoms with Crippen LogP contribution in [0.5, 0.6) is 0 Å². The molecule has 1 atom stereocenters. The number of rotatable bonds is 4. The van der Waals surface area contributed by atoms with Gasteiger partial charge < -0.3 is 4.74 Å². The van der Waals surface area contributed by atoms with Crippen LogP contribution in [-0.4, -0.2) is 35.6 Å². The van der Waals surface area contributed by atoms with Crippen molar-refractivity contribution in [2.24, 2.45) is 5.41 Å². The Balaban J connectivity index is 2.02. The van der Waals surface area contributed by atoms with E-state index in [1.807, 2.05) is 13.8 Å². The lowest BCUT2D eigenvalue weighted by Crippen LogP contribution is -2.31. The maximum absolute atomic E-state index is 12.1. The van der Waals surface area contributed by atoms with Crippen LogP contribution in [0.3, 0.4) is 0 Å². The summed E-state index contributed by atoms with van der Waals surface area (Å²) in [5, 5.41) is 2.61. The second-order valence-corrected chi connectivity index (χ2v) is 7.29. The van der Waals surface area contributed by atoms with Crippen LogP contribution in [0.15, 0.2) is 0 Å². The van der Waals surface area contributed by atoms with E-state index < -0.39 is 24.8 Å². The van der Waals surface area contributed by atoms with E-state index in [4.69, 9.17) is 0 Å². The highest BCUT2D eigenvalue weighted by Crippen LogP contribution is 2.38. The number of nitrogens with zero attached hydrogens (tertiary/aromatic N) is 1. The van der Waals surface area contributed by atoms with E-state index in [0.717, 1.165) is 11.3 Å². The van der Waals surface area contributed by atoms with Gasteiger partial charge in [-0.25, -0.2) is 4.98 Å². The van der Waals surface area contributed by atoms with Crippen LogP contribution in [0.25, 0.3) is 0 Å². The summed E-state index contributed by atoms with van der Waals surface area (Å²) in [6.07, 6.45) is -4.75. The second kappa shape index (κ2) is 6.20. The second-order valence-electron chi connectivity index (χ2n) is 6.29. The molecule has 0 fully saturated rings. The third-order valence-electron chi connectivity index (χ3n) is 3.33. The fourth-order valence-corrected chi connectivity index (χ4v) is 3.20. The molecular weight excluding hydrogens is 333 g/mol. The molecule has 0 bridgehead atoms. The molecule has 1 aromatic rings. The molecule has 1 aliphatic carbocycles. The maximum atomic E-state index is 12.1. The minimum atomic E-state index is -4.49. The first-order valence-corrected chi connectivity index (χ1v) is 7.81. The first kappa shape index (κ1) is 17.9. The zero-order valence-electron chi connectivity index (χ0n) is 12.9. The quantitative estimate of drug-likeness (QED) is 0.905. The molecule has 1 amide bonds. The molecule has 1 N–H and O–H groups in total. The standard InChI is InChI=1S/C14H17F3N2O3S/c1-7(22-6-14(15,16)17)11(21)19-12-18-8-4-13(2,3)5-9(20)10(8)23-12/h7H,4-6H2,1-3H3,(H,18,19,21)/t7-/m1/s1. The van der Waals surface area contributed by atoms with E-state index >= 15 is 0 Å². The number of ketones is 1. The van der Waals surface area contributed by atoms with E-state index in [1.165, 1.54) is 6.92 Å². The molecule has 0 saturated heterocycles. The highest BCUT2D eigenvalue weighted by molar-refractivity contribution is 7.17. The number of ether oxygens (including phenoxy) is 1. The van der Waals surface area contributed by atoms with Crippen molar-refractivity contribution in [1.82, 2.24) is 4.98 Å². The lowest BCUT2D eigenvalue weighted by molar-refractivity contribution is -0.184. The molecule has 5 nitrogen and oxygen atoms in total. The van der Waals surface area contributed by atoms with Crippen molar-refractivity contribution >= 4 is 28.2 Å². The molecule has 0 aromatic carbocycles. The number of nitrogens with one attached hydrogen (secondary N) is 1. The number of hydrogen-bond donors (Lipinski definition) is 1. The third kappa shape index (κ3) is 4.74. The largest absolute Gasteiger partial charge is 0.411 e. The summed E-state index contributed by atoms with van der Waals surface area (Å²) in [5.41, 5.74) is 0.429. The number of hydrogen-bond acceptors (Lipinski definition) is 5. The van der Waals surface area contributed by atoms with Gasteiger partial charge in [-0.2, -0.15) is 13.2 Å². The number of aromatic nitrogens is 1. The van der Waals surface area contributed by atoms with Crippen LogP contribution in [-0.2, 0) is 16.0 Å². The van der Waals surface area contributed by atoms with Crippen LogP contribution in [0, 0.1) is 5.41 Å². The molecule has 0 unspecified atom stereocenters. The normalized spacial score (nSPS) is 18.4. The van der Waals surface area contributed by atoms with Gasteiger partial charge in [-0.1, -0.05) is 25.2 Å². The van der Waals surface area contributed by atoms with Gasteiger partial charge in [0.15, 0.2) is 10.9 Å². The lowest BCUT2D eigenvalue weighted by atomic mass is 9.78. The van der Waals surface area contributed by atoms with Crippen LogP contribution < -0.4 is 5.32 Å². The van der Waals surface area contributed by atoms with E-state index in [-0.39, 0.29) is 16.3 Å². The van der Waals surface area contributed by atoms with Crippen molar-refractivity contribution in [1.29, 1.82) is 0 Å². The van der Waals surface area contributed by atoms with Crippen molar-refractivity contribution < 1.29 is 27.5 Å². The van der Waals surface area contributed by atoms with Gasteiger partial charge in [-0.05, 0) is 18.8 Å². The summed E-state index contributed by atoms with van der Waals surface area (Å²) in [6, 6.07) is 0. The fraction of sp³-hybridized carbons (Fsp3) is 0.643. The Hall–Kier alpha value is -1.48. The van der Waals surface area contributed by atoms with Gasteiger partial charge >= 0.3 is 6.18 Å². The van der Waals surface area contributed by atoms with E-state index in [9.17, 15) is 22.8 Å². The molecule has 9 heteroatoms. The summed E-state index contributed by atoms with van der Waals surface area (Å²) in [6.45, 7) is 3.64. The minimum absolute atomic E-state index is 0.0318. The molecule has 0 spiro atoms. The van der Waals surface area contributed by atoms with Crippen molar-refractivity contribution in [3.05, 3.63) is 10.6 Å². The smallest absolute Gasteiger partial charge is 0.359 e. The number of fused-ring (bicyclic) bond motifs is 1. The molecule has 1 aliphatic rings. The van der Waals surface area contributed by atoms with Crippen LogP contribution in [0.2, 0.25) is 0 Å². The molecule has 23 heavy (non-hydrogen) atoms. The zero-order valence-corrected chi connectivity index (χ0v) is 13.7. The maximum Gasteiger partial charge on any atom is 0.411 e. The van der Waals surface area contributed by atoms with Crippen LogP contribution in [0.4, 0.5) is 18.3 Å².